The summed E-state index contributed by atoms with van der Waals surface area (Å²) in [5.41, 5.74) is 7.24. The van der Waals surface area contributed by atoms with Gasteiger partial charge in [0.2, 0.25) is 0 Å². The van der Waals surface area contributed by atoms with Gasteiger partial charge in [-0.3, -0.25) is 0 Å². The van der Waals surface area contributed by atoms with E-state index in [0.717, 1.165) is 9.47 Å². The number of rotatable bonds is 3. The fourth-order valence-electron chi connectivity index (χ4n) is 1.34. The lowest BCUT2D eigenvalue weighted by atomic mass is 10.2. The van der Waals surface area contributed by atoms with E-state index < -0.39 is 0 Å². The Labute approximate surface area is 122 Å². The van der Waals surface area contributed by atoms with Gasteiger partial charge in [-0.1, -0.05) is 23.2 Å². The summed E-state index contributed by atoms with van der Waals surface area (Å²) in [5, 5.41) is 4.19. The number of anilines is 2. The summed E-state index contributed by atoms with van der Waals surface area (Å²) in [6.45, 7) is 0.707. The molecule has 1 heterocycles. The van der Waals surface area contributed by atoms with Crippen molar-refractivity contribution in [1.29, 1.82) is 0 Å². The molecule has 0 spiro atoms. The van der Waals surface area contributed by atoms with Gasteiger partial charge >= 0.3 is 0 Å². The van der Waals surface area contributed by atoms with E-state index in [2.05, 4.69) is 27.3 Å². The van der Waals surface area contributed by atoms with Gasteiger partial charge in [0.1, 0.15) is 0 Å². The first-order valence-corrected chi connectivity index (χ1v) is 7.15. The van der Waals surface area contributed by atoms with Gasteiger partial charge in [0.15, 0.2) is 0 Å². The third kappa shape index (κ3) is 3.28. The normalized spacial score (nSPS) is 10.5. The molecule has 2 aromatic rings. The molecule has 0 bridgehead atoms. The van der Waals surface area contributed by atoms with Crippen LogP contribution in [-0.4, -0.2) is 0 Å². The number of nitrogens with two attached hydrogens (primary N) is 1. The molecule has 17 heavy (non-hydrogen) atoms. The highest BCUT2D eigenvalue weighted by Gasteiger charge is 2.05. The first-order chi connectivity index (χ1) is 8.06. The molecule has 0 atom stereocenters. The molecular formula is C11H9BrCl2N2S. The van der Waals surface area contributed by atoms with Gasteiger partial charge in [-0.05, 0) is 40.2 Å². The first-order valence-electron chi connectivity index (χ1n) is 4.79. The first kappa shape index (κ1) is 13.0. The quantitative estimate of drug-likeness (QED) is 0.762. The Morgan fingerprint density at radius 3 is 2.59 bits per heavy atom. The average molecular weight is 352 g/mol. The van der Waals surface area contributed by atoms with Gasteiger partial charge in [-0.15, -0.1) is 11.3 Å². The summed E-state index contributed by atoms with van der Waals surface area (Å²) >= 11 is 16.9. The zero-order valence-corrected chi connectivity index (χ0v) is 12.6. The highest BCUT2D eigenvalue weighted by atomic mass is 79.9. The van der Waals surface area contributed by atoms with Crippen molar-refractivity contribution >= 4 is 61.8 Å². The molecule has 1 aromatic heterocycles. The summed E-state index contributed by atoms with van der Waals surface area (Å²) in [6.07, 6.45) is 0. The smallest absolute Gasteiger partial charge is 0.0702 e. The summed E-state index contributed by atoms with van der Waals surface area (Å²) < 4.78 is 1.11. The van der Waals surface area contributed by atoms with Crippen molar-refractivity contribution in [2.45, 2.75) is 6.54 Å². The standard InChI is InChI=1S/C11H9BrCl2N2S/c12-11-2-1-6(17-11)5-16-10-4-8(14)7(13)3-9(10)15/h1-4,16H,5,15H2. The minimum Gasteiger partial charge on any atom is -0.397 e. The third-order valence-corrected chi connectivity index (χ3v) is 4.52. The van der Waals surface area contributed by atoms with E-state index in [1.165, 1.54) is 4.88 Å². The summed E-state index contributed by atoms with van der Waals surface area (Å²) in [5.74, 6) is 0. The Balaban J connectivity index is 2.11. The lowest BCUT2D eigenvalue weighted by Gasteiger charge is -2.09. The zero-order valence-electron chi connectivity index (χ0n) is 8.64. The lowest BCUT2D eigenvalue weighted by Crippen LogP contribution is -2.01. The van der Waals surface area contributed by atoms with Gasteiger partial charge < -0.3 is 11.1 Å². The highest BCUT2D eigenvalue weighted by Crippen LogP contribution is 2.31. The Hall–Kier alpha value is -0.420. The monoisotopic (exact) mass is 350 g/mol. The van der Waals surface area contributed by atoms with Crippen LogP contribution in [0.5, 0.6) is 0 Å². The lowest BCUT2D eigenvalue weighted by molar-refractivity contribution is 1.19. The minimum absolute atomic E-state index is 0.466. The molecule has 6 heteroatoms. The van der Waals surface area contributed by atoms with Crippen LogP contribution in [0.4, 0.5) is 11.4 Å². The number of thiophene rings is 1. The van der Waals surface area contributed by atoms with Crippen LogP contribution < -0.4 is 11.1 Å². The molecule has 2 rings (SSSR count). The predicted molar refractivity (Wildman–Crippen MR) is 80.2 cm³/mol. The maximum atomic E-state index is 5.94. The van der Waals surface area contributed by atoms with E-state index in [-0.39, 0.29) is 0 Å². The van der Waals surface area contributed by atoms with Crippen LogP contribution in [0.15, 0.2) is 28.1 Å². The number of hydrogen-bond acceptors (Lipinski definition) is 3. The van der Waals surface area contributed by atoms with Gasteiger partial charge in [-0.2, -0.15) is 0 Å². The van der Waals surface area contributed by atoms with Crippen LogP contribution in [0, 0.1) is 0 Å². The molecule has 0 aliphatic heterocycles. The molecule has 2 nitrogen and oxygen atoms in total. The van der Waals surface area contributed by atoms with Crippen LogP contribution in [0.25, 0.3) is 0 Å². The van der Waals surface area contributed by atoms with Crippen LogP contribution in [0.2, 0.25) is 10.0 Å². The number of benzene rings is 1. The topological polar surface area (TPSA) is 38.0 Å². The Morgan fingerprint density at radius 2 is 1.94 bits per heavy atom. The number of nitrogens with one attached hydrogen (secondary N) is 1. The number of halogens is 3. The molecule has 1 aromatic carbocycles. The molecule has 0 fully saturated rings. The molecule has 3 N–H and O–H groups in total. The summed E-state index contributed by atoms with van der Waals surface area (Å²) in [4.78, 5) is 1.21. The summed E-state index contributed by atoms with van der Waals surface area (Å²) in [7, 11) is 0. The zero-order chi connectivity index (χ0) is 12.4. The molecule has 0 aliphatic carbocycles. The van der Waals surface area contributed by atoms with Crippen molar-refractivity contribution in [3.05, 3.63) is 43.0 Å². The highest BCUT2D eigenvalue weighted by molar-refractivity contribution is 9.11. The maximum Gasteiger partial charge on any atom is 0.0702 e. The second-order valence-electron chi connectivity index (χ2n) is 3.41. The number of nitrogen functional groups attached to an aromatic ring is 1. The van der Waals surface area contributed by atoms with Gasteiger partial charge in [-0.25, -0.2) is 0 Å². The van der Waals surface area contributed by atoms with E-state index in [1.54, 1.807) is 23.5 Å². The van der Waals surface area contributed by atoms with E-state index in [4.69, 9.17) is 28.9 Å². The van der Waals surface area contributed by atoms with E-state index >= 15 is 0 Å². The van der Waals surface area contributed by atoms with Crippen molar-refractivity contribution in [2.75, 3.05) is 11.1 Å². The fraction of sp³-hybridized carbons (Fsp3) is 0.0909. The molecule has 0 saturated carbocycles. The van der Waals surface area contributed by atoms with Crippen molar-refractivity contribution in [3.8, 4) is 0 Å². The number of hydrogen-bond donors (Lipinski definition) is 2. The van der Waals surface area contributed by atoms with E-state index in [9.17, 15) is 0 Å². The van der Waals surface area contributed by atoms with Gasteiger partial charge in [0.25, 0.3) is 0 Å². The third-order valence-electron chi connectivity index (χ3n) is 2.17. The molecule has 0 unspecified atom stereocenters. The van der Waals surface area contributed by atoms with Gasteiger partial charge in [0, 0.05) is 11.4 Å². The molecule has 0 saturated heterocycles. The van der Waals surface area contributed by atoms with E-state index in [0.29, 0.717) is 22.3 Å². The second kappa shape index (κ2) is 5.48. The van der Waals surface area contributed by atoms with Crippen molar-refractivity contribution in [3.63, 3.8) is 0 Å². The van der Waals surface area contributed by atoms with Crippen LogP contribution in [0.1, 0.15) is 4.88 Å². The Kier molecular flexibility index (Phi) is 4.20. The summed E-state index contributed by atoms with van der Waals surface area (Å²) in [6, 6.07) is 7.45. The molecule has 0 radical (unpaired) electrons. The maximum absolute atomic E-state index is 5.94. The predicted octanol–water partition coefficient (Wildman–Crippen LogP) is 5.01. The average Bonchev–Trinajstić information content (AvgIpc) is 2.68. The second-order valence-corrected chi connectivity index (χ2v) is 6.77. The molecule has 0 aliphatic rings. The van der Waals surface area contributed by atoms with Crippen LogP contribution in [-0.2, 0) is 6.54 Å². The van der Waals surface area contributed by atoms with Crippen molar-refractivity contribution in [1.82, 2.24) is 0 Å². The van der Waals surface area contributed by atoms with Gasteiger partial charge in [0.05, 0.1) is 25.2 Å². The molecular weight excluding hydrogens is 343 g/mol. The largest absolute Gasteiger partial charge is 0.397 e. The fourth-order valence-corrected chi connectivity index (χ4v) is 3.10. The van der Waals surface area contributed by atoms with E-state index in [1.807, 2.05) is 6.07 Å². The Morgan fingerprint density at radius 1 is 1.24 bits per heavy atom. The van der Waals surface area contributed by atoms with Crippen molar-refractivity contribution in [2.24, 2.45) is 0 Å². The molecule has 0 amide bonds. The van der Waals surface area contributed by atoms with Crippen LogP contribution in [0.3, 0.4) is 0 Å². The van der Waals surface area contributed by atoms with Crippen LogP contribution >= 0.6 is 50.5 Å². The minimum atomic E-state index is 0.466. The Bertz CT molecular complexity index is 542. The SMILES string of the molecule is Nc1cc(Cl)c(Cl)cc1NCc1ccc(Br)s1. The van der Waals surface area contributed by atoms with Crippen molar-refractivity contribution < 1.29 is 0 Å². The molecule has 90 valence electrons.